The number of hydrogen-bond donors (Lipinski definition) is 1. The fourth-order valence-corrected chi connectivity index (χ4v) is 3.40. The lowest BCUT2D eigenvalue weighted by Crippen LogP contribution is -2.48. The molecule has 0 aromatic carbocycles. The van der Waals surface area contributed by atoms with Crippen LogP contribution in [0.15, 0.2) is 0 Å². The number of likely N-dealkylation sites (N-methyl/N-ethyl adjacent to an activating group) is 1. The first-order valence-electron chi connectivity index (χ1n) is 6.59. The number of rotatable bonds is 3. The van der Waals surface area contributed by atoms with Gasteiger partial charge in [0.1, 0.15) is 4.88 Å². The Morgan fingerprint density at radius 3 is 2.83 bits per heavy atom. The van der Waals surface area contributed by atoms with Crippen LogP contribution in [0.2, 0.25) is 0 Å². The van der Waals surface area contributed by atoms with Crippen LogP contribution in [0, 0.1) is 13.8 Å². The fourth-order valence-electron chi connectivity index (χ4n) is 2.53. The second-order valence-electron chi connectivity index (χ2n) is 4.74. The third kappa shape index (κ3) is 2.72. The Hall–Kier alpha value is -0.940. The molecule has 2 heterocycles. The van der Waals surface area contributed by atoms with Crippen LogP contribution >= 0.6 is 11.3 Å². The van der Waals surface area contributed by atoms with Gasteiger partial charge < -0.3 is 10.2 Å². The molecule has 1 aliphatic rings. The standard InChI is InChI=1S/C13H21N3OS/c1-4-16(11-6-5-7-14-8-11)13(17)12-9(2)15-10(3)18-12/h11,14H,4-8H2,1-3H3. The molecule has 4 nitrogen and oxygen atoms in total. The minimum absolute atomic E-state index is 0.147. The van der Waals surface area contributed by atoms with Gasteiger partial charge in [0.2, 0.25) is 0 Å². The summed E-state index contributed by atoms with van der Waals surface area (Å²) in [4.78, 5) is 19.7. The largest absolute Gasteiger partial charge is 0.334 e. The number of carbonyl (C=O) groups is 1. The molecule has 0 saturated carbocycles. The van der Waals surface area contributed by atoms with E-state index in [0.29, 0.717) is 6.04 Å². The number of amides is 1. The number of hydrogen-bond acceptors (Lipinski definition) is 4. The van der Waals surface area contributed by atoms with Crippen LogP contribution in [0.5, 0.6) is 0 Å². The molecule has 0 aliphatic carbocycles. The maximum absolute atomic E-state index is 12.6. The fraction of sp³-hybridized carbons (Fsp3) is 0.692. The van der Waals surface area contributed by atoms with Crippen molar-refractivity contribution in [1.82, 2.24) is 15.2 Å². The van der Waals surface area contributed by atoms with Gasteiger partial charge in [0, 0.05) is 19.1 Å². The molecule has 1 N–H and O–H groups in total. The summed E-state index contributed by atoms with van der Waals surface area (Å²) in [5.41, 5.74) is 0.865. The lowest BCUT2D eigenvalue weighted by molar-refractivity contribution is 0.0666. The number of nitrogens with one attached hydrogen (secondary N) is 1. The van der Waals surface area contributed by atoms with Crippen LogP contribution in [0.1, 0.15) is 40.1 Å². The van der Waals surface area contributed by atoms with Crippen molar-refractivity contribution in [2.45, 2.75) is 39.7 Å². The molecular weight excluding hydrogens is 246 g/mol. The smallest absolute Gasteiger partial charge is 0.266 e. The Bertz CT molecular complexity index is 424. The number of aryl methyl sites for hydroxylation is 2. The van der Waals surface area contributed by atoms with E-state index in [9.17, 15) is 4.79 Å². The molecule has 0 radical (unpaired) electrons. The molecule has 1 amide bonds. The van der Waals surface area contributed by atoms with Gasteiger partial charge in [-0.25, -0.2) is 4.98 Å². The summed E-state index contributed by atoms with van der Waals surface area (Å²) < 4.78 is 0. The summed E-state index contributed by atoms with van der Waals surface area (Å²) in [5, 5.41) is 4.34. The van der Waals surface area contributed by atoms with Gasteiger partial charge in [-0.05, 0) is 40.2 Å². The van der Waals surface area contributed by atoms with Crippen LogP contribution in [0.3, 0.4) is 0 Å². The second kappa shape index (κ2) is 5.80. The predicted molar refractivity (Wildman–Crippen MR) is 74.2 cm³/mol. The molecular formula is C13H21N3OS. The molecule has 18 heavy (non-hydrogen) atoms. The summed E-state index contributed by atoms with van der Waals surface area (Å²) in [6, 6.07) is 0.332. The summed E-state index contributed by atoms with van der Waals surface area (Å²) in [7, 11) is 0. The van der Waals surface area contributed by atoms with E-state index in [4.69, 9.17) is 0 Å². The highest BCUT2D eigenvalue weighted by Gasteiger charge is 2.27. The van der Waals surface area contributed by atoms with E-state index in [0.717, 1.165) is 48.1 Å². The maximum atomic E-state index is 12.6. The van der Waals surface area contributed by atoms with Gasteiger partial charge in [-0.3, -0.25) is 4.79 Å². The van der Waals surface area contributed by atoms with E-state index in [2.05, 4.69) is 17.2 Å². The predicted octanol–water partition coefficient (Wildman–Crippen LogP) is 1.97. The maximum Gasteiger partial charge on any atom is 0.266 e. The van der Waals surface area contributed by atoms with Crippen molar-refractivity contribution >= 4 is 17.2 Å². The lowest BCUT2D eigenvalue weighted by Gasteiger charge is -2.33. The molecule has 1 unspecified atom stereocenters. The SMILES string of the molecule is CCN(C(=O)c1sc(C)nc1C)C1CCCNC1. The molecule has 0 bridgehead atoms. The van der Waals surface area contributed by atoms with E-state index in [1.807, 2.05) is 18.7 Å². The Morgan fingerprint density at radius 2 is 2.33 bits per heavy atom. The van der Waals surface area contributed by atoms with Gasteiger partial charge in [-0.15, -0.1) is 11.3 Å². The lowest BCUT2D eigenvalue weighted by atomic mass is 10.1. The first-order valence-corrected chi connectivity index (χ1v) is 7.40. The quantitative estimate of drug-likeness (QED) is 0.911. The van der Waals surface area contributed by atoms with Crippen molar-refractivity contribution < 1.29 is 4.79 Å². The van der Waals surface area contributed by atoms with Crippen LogP contribution in [-0.2, 0) is 0 Å². The molecule has 1 fully saturated rings. The zero-order valence-electron chi connectivity index (χ0n) is 11.3. The summed E-state index contributed by atoms with van der Waals surface area (Å²) >= 11 is 1.51. The monoisotopic (exact) mass is 267 g/mol. The van der Waals surface area contributed by atoms with Crippen molar-refractivity contribution in [2.24, 2.45) is 0 Å². The Balaban J connectivity index is 2.16. The molecule has 1 aromatic rings. The minimum atomic E-state index is 0.147. The zero-order valence-corrected chi connectivity index (χ0v) is 12.1. The third-order valence-corrected chi connectivity index (χ3v) is 4.47. The molecule has 2 rings (SSSR count). The Morgan fingerprint density at radius 1 is 1.56 bits per heavy atom. The highest BCUT2D eigenvalue weighted by atomic mass is 32.1. The molecule has 1 aliphatic heterocycles. The summed E-state index contributed by atoms with van der Waals surface area (Å²) in [6.07, 6.45) is 2.25. The first kappa shape index (κ1) is 13.5. The highest BCUT2D eigenvalue weighted by Crippen LogP contribution is 2.21. The van der Waals surface area contributed by atoms with Gasteiger partial charge in [0.25, 0.3) is 5.91 Å². The average Bonchev–Trinajstić information content (AvgIpc) is 2.70. The summed E-state index contributed by atoms with van der Waals surface area (Å²) in [6.45, 7) is 8.67. The number of nitrogens with zero attached hydrogens (tertiary/aromatic N) is 2. The Kier molecular flexibility index (Phi) is 4.35. The van der Waals surface area contributed by atoms with E-state index in [-0.39, 0.29) is 5.91 Å². The van der Waals surface area contributed by atoms with Crippen LogP contribution in [-0.4, -0.2) is 41.5 Å². The molecule has 1 atom stereocenters. The van der Waals surface area contributed by atoms with E-state index in [1.165, 1.54) is 11.3 Å². The van der Waals surface area contributed by atoms with Crippen molar-refractivity contribution in [3.8, 4) is 0 Å². The summed E-state index contributed by atoms with van der Waals surface area (Å²) in [5.74, 6) is 0.147. The van der Waals surface area contributed by atoms with Crippen molar-refractivity contribution in [2.75, 3.05) is 19.6 Å². The number of piperidine rings is 1. The van der Waals surface area contributed by atoms with Crippen molar-refractivity contribution in [1.29, 1.82) is 0 Å². The number of aromatic nitrogens is 1. The van der Waals surface area contributed by atoms with E-state index < -0.39 is 0 Å². The van der Waals surface area contributed by atoms with Gasteiger partial charge >= 0.3 is 0 Å². The topological polar surface area (TPSA) is 45.2 Å². The zero-order chi connectivity index (χ0) is 13.1. The first-order chi connectivity index (χ1) is 8.63. The van der Waals surface area contributed by atoms with Gasteiger partial charge in [-0.2, -0.15) is 0 Å². The van der Waals surface area contributed by atoms with Gasteiger partial charge in [-0.1, -0.05) is 0 Å². The third-order valence-electron chi connectivity index (χ3n) is 3.41. The van der Waals surface area contributed by atoms with E-state index >= 15 is 0 Å². The normalized spacial score (nSPS) is 19.8. The molecule has 1 saturated heterocycles. The molecule has 100 valence electrons. The van der Waals surface area contributed by atoms with Crippen molar-refractivity contribution in [3.05, 3.63) is 15.6 Å². The molecule has 1 aromatic heterocycles. The van der Waals surface area contributed by atoms with Crippen LogP contribution in [0.4, 0.5) is 0 Å². The van der Waals surface area contributed by atoms with Crippen LogP contribution < -0.4 is 5.32 Å². The van der Waals surface area contributed by atoms with Crippen LogP contribution in [0.25, 0.3) is 0 Å². The van der Waals surface area contributed by atoms with Gasteiger partial charge in [0.05, 0.1) is 10.7 Å². The highest BCUT2D eigenvalue weighted by molar-refractivity contribution is 7.13. The Labute approximate surface area is 112 Å². The number of thiazole rings is 1. The molecule has 5 heteroatoms. The minimum Gasteiger partial charge on any atom is -0.334 e. The molecule has 0 spiro atoms. The average molecular weight is 267 g/mol. The van der Waals surface area contributed by atoms with E-state index in [1.54, 1.807) is 0 Å². The van der Waals surface area contributed by atoms with Gasteiger partial charge in [0.15, 0.2) is 0 Å². The second-order valence-corrected chi connectivity index (χ2v) is 5.94. The van der Waals surface area contributed by atoms with Crippen molar-refractivity contribution in [3.63, 3.8) is 0 Å². The number of carbonyl (C=O) groups excluding carboxylic acids is 1.